The minimum absolute atomic E-state index is 0. The second-order valence-corrected chi connectivity index (χ2v) is 33.3. The van der Waals surface area contributed by atoms with Crippen molar-refractivity contribution in [3.05, 3.63) is 468 Å². The first-order chi connectivity index (χ1) is 65.5. The molecule has 644 valence electrons. The summed E-state index contributed by atoms with van der Waals surface area (Å²) in [5.41, 5.74) is 33.8. The molecule has 7 aliphatic heterocycles. The normalized spacial score (nSPS) is 12.7. The van der Waals surface area contributed by atoms with Gasteiger partial charge in [-0.15, -0.1) is 177 Å². The number of rotatable bonds is 2. The van der Waals surface area contributed by atoms with E-state index in [1.165, 1.54) is 110 Å². The molecule has 30 rings (SSSR count). The Hall–Kier alpha value is -15.3. The molecule has 0 atom stereocenters. The molecule has 2 radical (unpaired) electrons. The molecule has 17 aromatic carbocycles. The van der Waals surface area contributed by atoms with Crippen molar-refractivity contribution in [1.29, 1.82) is 0 Å². The van der Waals surface area contributed by atoms with Crippen LogP contribution in [0.2, 0.25) is 0 Å². The van der Waals surface area contributed by atoms with E-state index in [4.69, 9.17) is 15.0 Å². The quantitative estimate of drug-likeness (QED) is 0.0945. The number of benzene rings is 17. The zero-order chi connectivity index (χ0) is 87.3. The van der Waals surface area contributed by atoms with Gasteiger partial charge in [0.25, 0.3) is 20.5 Å². The fourth-order valence-corrected chi connectivity index (χ4v) is 20.3. The first-order valence-corrected chi connectivity index (χ1v) is 44.4. The van der Waals surface area contributed by atoms with Crippen molar-refractivity contribution in [3.63, 3.8) is 0 Å². The zero-order valence-corrected chi connectivity index (χ0v) is 79.7. The molecule has 6 aromatic heterocycles. The third-order valence-corrected chi connectivity index (χ3v) is 25.9. The first kappa shape index (κ1) is 85.1. The predicted molar refractivity (Wildman–Crippen MR) is 540 cm³/mol. The van der Waals surface area contributed by atoms with Crippen LogP contribution in [0.4, 0.5) is 22.7 Å². The molecule has 0 N–H and O–H groups in total. The van der Waals surface area contributed by atoms with Gasteiger partial charge in [0.05, 0.1) is 73.3 Å². The first-order valence-electron chi connectivity index (χ1n) is 44.4. The maximum atomic E-state index is 5.00. The van der Waals surface area contributed by atoms with E-state index in [0.717, 1.165) is 95.2 Å². The average Bonchev–Trinajstić information content (AvgIpc) is 1.64. The van der Waals surface area contributed by atoms with Gasteiger partial charge in [0.15, 0.2) is 0 Å². The summed E-state index contributed by atoms with van der Waals surface area (Å²) in [6.07, 6.45) is 9.69. The summed E-state index contributed by atoms with van der Waals surface area (Å²) in [5, 5.41) is 5.92. The summed E-state index contributed by atoms with van der Waals surface area (Å²) in [5.74, 6) is 2.85. The standard InChI is InChI=1S/3C25H15BN3.C15H9N2.C15H10N.C10H10N2.3Ir/c3*1-4-12-20-17(9-1)18-10-3-7-15-23(18)29-26(20)21-13-5-2-11-19(21)25-27-22-14-6-8-16-24(22)28(25)29;1-2-7-13-11(5-1)12-6-3-4-8-14(12)17-10-9-16-15(13)17;1-2-7-13(8-3-1)15-14-9-5-4-6-12(14)10-11-16-15;1-11-7-8-12(9-11)10-5-3-2-4-6-10;;;/h3*1-10,12-16H;1-6,8-10H;1-7,9-11H;2-5,7-9H,1H3;;;/q5*-1;-2;;;+3. The maximum absolute atomic E-state index is 5.00. The Balaban J connectivity index is 0.0000000961. The van der Waals surface area contributed by atoms with E-state index in [1.54, 1.807) is 0 Å². The van der Waals surface area contributed by atoms with Crippen LogP contribution in [-0.2, 0) is 60.3 Å². The summed E-state index contributed by atoms with van der Waals surface area (Å²) in [7, 11) is 2.00. The SMILES string of the molecule is CN1C=CN(c2[c-]cccc2)[CH-]1.[Ir+3].[Ir].[Ir].[c-]1cccc2c1-c1nc3ccccc3n1N1B2c2ccccc2-c2ccccc21.[c-]1cccc2c1-c1nc3ccccc3n1N1B2c2ccccc2-c2ccccc21.[c-]1cccc2c1-c1nc3ccccc3n1N1B2c2ccccc2-c2ccccc21.[c-]1cccc2c1c1nccn1c1ccccc21.[c-]1ccccc1-c1nccc2ccccc12. The topological polar surface area (TPSA) is 99.8 Å². The Kier molecular flexibility index (Phi) is 22.7. The molecule has 0 bridgehead atoms. The Morgan fingerprint density at radius 2 is 0.689 bits per heavy atom. The van der Waals surface area contributed by atoms with Crippen LogP contribution in [0.15, 0.2) is 425 Å². The fraction of sp³-hybridized carbons (Fsp3) is 0.00870. The summed E-state index contributed by atoms with van der Waals surface area (Å²) in [6, 6.07) is 157. The van der Waals surface area contributed by atoms with Gasteiger partial charge in [0.2, 0.25) is 0 Å². The van der Waals surface area contributed by atoms with Gasteiger partial charge < -0.3 is 33.9 Å². The molecular weight excluding hydrogens is 2190 g/mol. The zero-order valence-electron chi connectivity index (χ0n) is 72.5. The van der Waals surface area contributed by atoms with Crippen LogP contribution < -0.4 is 52.4 Å². The number of pyridine rings is 2. The number of hydrogen-bond donors (Lipinski definition) is 0. The monoisotopic (exact) mass is 2260 g/mol. The fourth-order valence-electron chi connectivity index (χ4n) is 20.3. The summed E-state index contributed by atoms with van der Waals surface area (Å²) in [6.45, 7) is 2.25. The van der Waals surface area contributed by atoms with E-state index < -0.39 is 0 Å². The number of hydrogen-bond acceptors (Lipinski definition) is 10. The molecular formula is C115H74B3Ir3N14-4. The number of aromatic nitrogens is 9. The molecule has 7 aliphatic rings. The average molecular weight is 2260 g/mol. The molecule has 0 fully saturated rings. The van der Waals surface area contributed by atoms with E-state index in [1.807, 2.05) is 170 Å². The van der Waals surface area contributed by atoms with E-state index in [9.17, 15) is 0 Å². The van der Waals surface area contributed by atoms with Crippen LogP contribution >= 0.6 is 0 Å². The van der Waals surface area contributed by atoms with Crippen LogP contribution in [0.3, 0.4) is 0 Å². The molecule has 20 heteroatoms. The molecule has 135 heavy (non-hydrogen) atoms. The van der Waals surface area contributed by atoms with Crippen LogP contribution in [0, 0.1) is 43.1 Å². The van der Waals surface area contributed by atoms with Gasteiger partial charge in [0, 0.05) is 81.0 Å². The van der Waals surface area contributed by atoms with Gasteiger partial charge in [-0.25, -0.2) is 0 Å². The summed E-state index contributed by atoms with van der Waals surface area (Å²) in [4.78, 5) is 35.2. The molecule has 0 aliphatic carbocycles. The number of nitrogens with zero attached hydrogens (tertiary/aromatic N) is 14. The number of imidazole rings is 4. The van der Waals surface area contributed by atoms with Crippen molar-refractivity contribution in [2.75, 3.05) is 26.7 Å². The Labute approximate surface area is 822 Å². The minimum Gasteiger partial charge on any atom is -0.510 e. The molecule has 0 saturated heterocycles. The van der Waals surface area contributed by atoms with Crippen molar-refractivity contribution in [3.8, 4) is 78.8 Å². The van der Waals surface area contributed by atoms with Crippen LogP contribution in [-0.4, -0.2) is 75.8 Å². The third kappa shape index (κ3) is 14.4. The molecule has 13 heterocycles. The van der Waals surface area contributed by atoms with Crippen molar-refractivity contribution >= 4 is 147 Å². The van der Waals surface area contributed by atoms with Gasteiger partial charge in [-0.2, -0.15) is 37.0 Å². The smallest absolute Gasteiger partial charge is 0.510 e. The maximum Gasteiger partial charge on any atom is 3.00 e. The number of para-hydroxylation sites is 11. The van der Waals surface area contributed by atoms with Gasteiger partial charge >= 0.3 is 20.1 Å². The van der Waals surface area contributed by atoms with Crippen molar-refractivity contribution in [2.24, 2.45) is 0 Å². The van der Waals surface area contributed by atoms with Gasteiger partial charge in [0.1, 0.15) is 0 Å². The van der Waals surface area contributed by atoms with Gasteiger partial charge in [-0.05, 0) is 125 Å². The summed E-state index contributed by atoms with van der Waals surface area (Å²) >= 11 is 0. The summed E-state index contributed by atoms with van der Waals surface area (Å²) < 4.78 is 8.98. The Bertz CT molecular complexity index is 7900. The minimum atomic E-state index is 0. The predicted octanol–water partition coefficient (Wildman–Crippen LogP) is 20.6. The van der Waals surface area contributed by atoms with Crippen molar-refractivity contribution in [1.82, 2.24) is 48.2 Å². The number of anilines is 4. The van der Waals surface area contributed by atoms with Gasteiger partial charge in [-0.3, -0.25) is 34.0 Å². The van der Waals surface area contributed by atoms with Crippen LogP contribution in [0.1, 0.15) is 0 Å². The van der Waals surface area contributed by atoms with Crippen LogP contribution in [0.25, 0.3) is 150 Å². The molecule has 0 saturated carbocycles. The van der Waals surface area contributed by atoms with E-state index in [0.29, 0.717) is 0 Å². The Morgan fingerprint density at radius 1 is 0.304 bits per heavy atom. The third-order valence-electron chi connectivity index (χ3n) is 25.9. The second-order valence-electron chi connectivity index (χ2n) is 33.3. The number of fused-ring (bicyclic) bond motifs is 46. The van der Waals surface area contributed by atoms with Crippen LogP contribution in [0.5, 0.6) is 0 Å². The van der Waals surface area contributed by atoms with E-state index in [2.05, 4.69) is 359 Å². The molecule has 14 nitrogen and oxygen atoms in total. The van der Waals surface area contributed by atoms with E-state index >= 15 is 0 Å². The van der Waals surface area contributed by atoms with Crippen molar-refractivity contribution < 1.29 is 60.3 Å². The molecule has 0 amide bonds. The molecule has 0 spiro atoms. The van der Waals surface area contributed by atoms with Crippen molar-refractivity contribution in [2.45, 2.75) is 0 Å². The molecule has 23 aromatic rings. The largest absolute Gasteiger partial charge is 3.00 e. The molecule has 0 unspecified atom stereocenters. The Morgan fingerprint density at radius 3 is 1.16 bits per heavy atom. The van der Waals surface area contributed by atoms with Gasteiger partial charge in [-0.1, -0.05) is 228 Å². The second kappa shape index (κ2) is 36.0. The van der Waals surface area contributed by atoms with E-state index in [-0.39, 0.29) is 80.9 Å².